The van der Waals surface area contributed by atoms with Crippen molar-refractivity contribution >= 4 is 29.5 Å². The number of alkyl halides is 3. The lowest BCUT2D eigenvalue weighted by atomic mass is 9.83. The Balaban J connectivity index is 1.99. The molecule has 0 fully saturated rings. The van der Waals surface area contributed by atoms with Gasteiger partial charge in [0.25, 0.3) is 0 Å². The van der Waals surface area contributed by atoms with Crippen LogP contribution in [0.3, 0.4) is 0 Å². The van der Waals surface area contributed by atoms with Gasteiger partial charge >= 0.3 is 18.1 Å². The molecule has 11 nitrogen and oxygen atoms in total. The van der Waals surface area contributed by atoms with Crippen molar-refractivity contribution in [1.82, 2.24) is 9.80 Å². The van der Waals surface area contributed by atoms with Crippen LogP contribution in [0.2, 0.25) is 0 Å². The Hall–Kier alpha value is -4.69. The summed E-state index contributed by atoms with van der Waals surface area (Å²) in [6.07, 6.45) is -5.39. The third-order valence-corrected chi connectivity index (χ3v) is 7.12. The molecule has 0 unspecified atom stereocenters. The fourth-order valence-corrected chi connectivity index (χ4v) is 4.81. The van der Waals surface area contributed by atoms with E-state index in [1.165, 1.54) is 35.9 Å². The zero-order valence-electron chi connectivity index (χ0n) is 27.1. The minimum Gasteiger partial charge on any atom is -0.490 e. The number of halogens is 4. The number of Topliss-reactive ketones (excluding diaryl/α,β-unsaturated/α-hetero) is 1. The van der Waals surface area contributed by atoms with Gasteiger partial charge in [0.05, 0.1) is 25.3 Å². The van der Waals surface area contributed by atoms with Gasteiger partial charge in [0.1, 0.15) is 11.6 Å². The summed E-state index contributed by atoms with van der Waals surface area (Å²) in [5, 5.41) is 8.66. The molecule has 2 aromatic carbocycles. The number of nitrogens with one attached hydrogen (secondary N) is 1. The third kappa shape index (κ3) is 8.57. The van der Waals surface area contributed by atoms with Gasteiger partial charge < -0.3 is 28.7 Å². The molecular weight excluding hydrogens is 630 g/mol. The van der Waals surface area contributed by atoms with E-state index in [1.807, 2.05) is 0 Å². The number of esters is 2. The van der Waals surface area contributed by atoms with Gasteiger partial charge in [0.2, 0.25) is 5.91 Å². The van der Waals surface area contributed by atoms with Crippen LogP contribution in [0.1, 0.15) is 74.2 Å². The minimum absolute atomic E-state index is 0.00820. The van der Waals surface area contributed by atoms with Crippen LogP contribution in [0.15, 0.2) is 18.2 Å². The van der Waals surface area contributed by atoms with Crippen LogP contribution in [-0.2, 0) is 37.6 Å². The molecule has 1 aliphatic heterocycles. The van der Waals surface area contributed by atoms with Crippen molar-refractivity contribution in [2.45, 2.75) is 66.2 Å². The van der Waals surface area contributed by atoms with Crippen LogP contribution >= 0.6 is 0 Å². The largest absolute Gasteiger partial charge is 0.491 e. The van der Waals surface area contributed by atoms with Gasteiger partial charge in [-0.2, -0.15) is 13.2 Å². The number of ether oxygens (including phenoxy) is 4. The molecule has 256 valence electrons. The molecule has 0 aromatic heterocycles. The maximum atomic E-state index is 15.5. The lowest BCUT2D eigenvalue weighted by molar-refractivity contribution is -0.202. The van der Waals surface area contributed by atoms with E-state index >= 15 is 4.39 Å². The zero-order valence-corrected chi connectivity index (χ0v) is 27.1. The van der Waals surface area contributed by atoms with Crippen LogP contribution in [0.5, 0.6) is 17.2 Å². The van der Waals surface area contributed by atoms with E-state index in [4.69, 9.17) is 19.6 Å². The van der Waals surface area contributed by atoms with Crippen molar-refractivity contribution in [1.29, 1.82) is 5.41 Å². The van der Waals surface area contributed by atoms with Gasteiger partial charge in [0.15, 0.2) is 29.7 Å². The normalized spacial score (nSPS) is 12.8. The number of carbonyl (C=O) groups is 4. The monoisotopic (exact) mass is 667 g/mol. The maximum Gasteiger partial charge on any atom is 0.491 e. The highest BCUT2D eigenvalue weighted by Crippen LogP contribution is 2.40. The highest BCUT2D eigenvalue weighted by molar-refractivity contribution is 6.06. The van der Waals surface area contributed by atoms with Crippen molar-refractivity contribution in [3.63, 3.8) is 0 Å². The number of fused-ring (bicyclic) bond motifs is 1. The Morgan fingerprint density at radius 1 is 0.979 bits per heavy atom. The second-order valence-electron chi connectivity index (χ2n) is 11.7. The summed E-state index contributed by atoms with van der Waals surface area (Å²) in [6, 6.07) is 4.47. The Bertz CT molecular complexity index is 1580. The molecule has 0 bridgehead atoms. The molecule has 15 heteroatoms. The van der Waals surface area contributed by atoms with E-state index in [0.29, 0.717) is 11.1 Å². The van der Waals surface area contributed by atoms with Crippen LogP contribution in [0.4, 0.5) is 17.6 Å². The number of amides is 1. The van der Waals surface area contributed by atoms with E-state index in [9.17, 15) is 32.3 Å². The van der Waals surface area contributed by atoms with Crippen molar-refractivity contribution in [2.75, 3.05) is 33.4 Å². The van der Waals surface area contributed by atoms with E-state index in [-0.39, 0.29) is 78.5 Å². The summed E-state index contributed by atoms with van der Waals surface area (Å²) in [6.45, 7) is 8.91. The van der Waals surface area contributed by atoms with Gasteiger partial charge in [-0.1, -0.05) is 20.8 Å². The van der Waals surface area contributed by atoms with Crippen LogP contribution in [-0.4, -0.2) is 78.9 Å². The highest BCUT2D eigenvalue weighted by Gasteiger charge is 2.42. The number of rotatable bonds is 12. The SMILES string of the molecule is CCOc1cc2c(c(F)c1OCC)C(=N)N(CC(=O)c1cc(CN(C)C(C)=O)c(OCC(=O)OC(=O)C(F)(F)F)c(C(C)(C)C)c1)C2. The highest BCUT2D eigenvalue weighted by atomic mass is 19.4. The molecule has 0 radical (unpaired) electrons. The molecule has 2 aromatic rings. The first-order valence-electron chi connectivity index (χ1n) is 14.6. The Morgan fingerprint density at radius 2 is 1.62 bits per heavy atom. The van der Waals surface area contributed by atoms with E-state index in [2.05, 4.69) is 4.74 Å². The molecule has 1 amide bonds. The van der Waals surface area contributed by atoms with Crippen molar-refractivity contribution in [2.24, 2.45) is 0 Å². The first kappa shape index (κ1) is 36.8. The number of benzene rings is 2. The third-order valence-electron chi connectivity index (χ3n) is 7.12. The summed E-state index contributed by atoms with van der Waals surface area (Å²) in [5.41, 5.74) is 0.389. The van der Waals surface area contributed by atoms with Crippen molar-refractivity contribution in [3.8, 4) is 17.2 Å². The van der Waals surface area contributed by atoms with Crippen LogP contribution < -0.4 is 14.2 Å². The quantitative estimate of drug-likeness (QED) is 0.145. The molecule has 1 heterocycles. The molecule has 3 rings (SSSR count). The fourth-order valence-electron chi connectivity index (χ4n) is 4.81. The Morgan fingerprint density at radius 3 is 2.17 bits per heavy atom. The predicted octanol–water partition coefficient (Wildman–Crippen LogP) is 4.93. The van der Waals surface area contributed by atoms with E-state index < -0.39 is 41.7 Å². The molecular formula is C32H37F4N3O8. The summed E-state index contributed by atoms with van der Waals surface area (Å²) in [4.78, 5) is 51.7. The van der Waals surface area contributed by atoms with Gasteiger partial charge in [-0.15, -0.1) is 0 Å². The van der Waals surface area contributed by atoms with Gasteiger partial charge in [-0.3, -0.25) is 15.0 Å². The average molecular weight is 668 g/mol. The van der Waals surface area contributed by atoms with Crippen LogP contribution in [0, 0.1) is 11.2 Å². The van der Waals surface area contributed by atoms with Gasteiger partial charge in [0, 0.05) is 43.8 Å². The zero-order chi connectivity index (χ0) is 35.4. The summed E-state index contributed by atoms with van der Waals surface area (Å²) in [5.74, 6) is -6.06. The summed E-state index contributed by atoms with van der Waals surface area (Å²) < 4.78 is 73.7. The molecule has 0 spiro atoms. The van der Waals surface area contributed by atoms with Gasteiger partial charge in [-0.05, 0) is 43.0 Å². The number of carbonyl (C=O) groups excluding carboxylic acids is 4. The lowest BCUT2D eigenvalue weighted by Crippen LogP contribution is -2.31. The molecule has 1 aliphatic rings. The summed E-state index contributed by atoms with van der Waals surface area (Å²) in [7, 11) is 1.47. The molecule has 47 heavy (non-hydrogen) atoms. The van der Waals surface area contributed by atoms with Gasteiger partial charge in [-0.25, -0.2) is 14.0 Å². The molecule has 1 N–H and O–H groups in total. The minimum atomic E-state index is -5.39. The lowest BCUT2D eigenvalue weighted by Gasteiger charge is -2.27. The first-order chi connectivity index (χ1) is 21.8. The van der Waals surface area contributed by atoms with Crippen molar-refractivity contribution in [3.05, 3.63) is 51.8 Å². The number of ketones is 1. The first-order valence-corrected chi connectivity index (χ1v) is 14.6. The molecule has 0 saturated heterocycles. The topological polar surface area (TPSA) is 136 Å². The fraction of sp³-hybridized carbons (Fsp3) is 0.469. The maximum absolute atomic E-state index is 15.5. The second-order valence-corrected chi connectivity index (χ2v) is 11.7. The van der Waals surface area contributed by atoms with E-state index in [0.717, 1.165) is 0 Å². The average Bonchev–Trinajstić information content (AvgIpc) is 3.27. The van der Waals surface area contributed by atoms with Crippen LogP contribution in [0.25, 0.3) is 0 Å². The number of nitrogens with zero attached hydrogens (tertiary/aromatic N) is 2. The standard InChI is InChI=1S/C32H37F4N3O8/c1-8-44-23-12-19-14-39(29(37)25(19)26(33)28(23)45-9-2)15-22(41)18-10-20(13-38(7)17(3)40)27(21(11-18)31(4,5)6)46-16-24(42)47-30(43)32(34,35)36/h10-12,37H,8-9,13-16H2,1-7H3. The Labute approximate surface area is 269 Å². The molecule has 0 saturated carbocycles. The Kier molecular flexibility index (Phi) is 11.3. The number of hydrogen-bond donors (Lipinski definition) is 1. The number of amidine groups is 1. The molecule has 0 aliphatic carbocycles. The number of hydrogen-bond acceptors (Lipinski definition) is 9. The van der Waals surface area contributed by atoms with Crippen molar-refractivity contribution < 1.29 is 55.7 Å². The van der Waals surface area contributed by atoms with E-state index in [1.54, 1.807) is 40.7 Å². The smallest absolute Gasteiger partial charge is 0.490 e. The summed E-state index contributed by atoms with van der Waals surface area (Å²) >= 11 is 0. The molecule has 0 atom stereocenters. The second kappa shape index (κ2) is 14.4. The predicted molar refractivity (Wildman–Crippen MR) is 160 cm³/mol.